The molecule has 4 heterocycles. The molecule has 0 bridgehead atoms. The van der Waals surface area contributed by atoms with Crippen LogP contribution in [0.25, 0.3) is 0 Å². The molecule has 9 nitrogen and oxygen atoms in total. The number of fused-ring (bicyclic) bond motifs is 3. The van der Waals surface area contributed by atoms with Gasteiger partial charge in [-0.2, -0.15) is 4.98 Å². The summed E-state index contributed by atoms with van der Waals surface area (Å²) in [5.41, 5.74) is 0. The summed E-state index contributed by atoms with van der Waals surface area (Å²) in [4.78, 5) is 16.2. The van der Waals surface area contributed by atoms with Crippen molar-refractivity contribution in [1.82, 2.24) is 4.98 Å². The first kappa shape index (κ1) is 23.3. The molecular formula is C19H22Cl3NO8. The summed E-state index contributed by atoms with van der Waals surface area (Å²) >= 11 is 17.7. The molecule has 0 amide bonds. The summed E-state index contributed by atoms with van der Waals surface area (Å²) in [6.45, 7) is 6.61. The van der Waals surface area contributed by atoms with E-state index in [0.29, 0.717) is 0 Å². The van der Waals surface area contributed by atoms with Crippen molar-refractivity contribution in [2.45, 2.75) is 63.4 Å². The van der Waals surface area contributed by atoms with E-state index in [9.17, 15) is 4.79 Å². The number of ether oxygens (including phenoxy) is 7. The molecule has 0 aromatic carbocycles. The zero-order valence-corrected chi connectivity index (χ0v) is 19.5. The Morgan fingerprint density at radius 3 is 2.61 bits per heavy atom. The van der Waals surface area contributed by atoms with Gasteiger partial charge in [-0.05, 0) is 33.8 Å². The van der Waals surface area contributed by atoms with Crippen LogP contribution in [0.4, 0.5) is 0 Å². The number of carbonyl (C=O) groups excluding carboxylic acids is 1. The molecule has 4 atom stereocenters. The molecule has 0 N–H and O–H groups in total. The van der Waals surface area contributed by atoms with Crippen molar-refractivity contribution in [3.8, 4) is 5.88 Å². The van der Waals surface area contributed by atoms with Gasteiger partial charge in [0.1, 0.15) is 29.9 Å². The van der Waals surface area contributed by atoms with Crippen LogP contribution in [0.1, 0.15) is 27.7 Å². The van der Waals surface area contributed by atoms with E-state index in [1.165, 1.54) is 6.07 Å². The number of hydrogen-bond acceptors (Lipinski definition) is 9. The average Bonchev–Trinajstić information content (AvgIpc) is 3.13. The SMILES string of the molecule is CC1(C)O[C@@H]2[C@@H](CO[C@@]3(COC(=O)COc4nc(Cl)c(Cl)cc4Cl)OC(C)(C)O[C@@H]23)O1. The molecule has 0 spiro atoms. The number of halogens is 3. The lowest BCUT2D eigenvalue weighted by Crippen LogP contribution is -2.60. The van der Waals surface area contributed by atoms with Gasteiger partial charge in [-0.25, -0.2) is 4.79 Å². The largest absolute Gasteiger partial charge is 0.465 e. The smallest absolute Gasteiger partial charge is 0.344 e. The highest BCUT2D eigenvalue weighted by atomic mass is 35.5. The quantitative estimate of drug-likeness (QED) is 0.447. The van der Waals surface area contributed by atoms with Gasteiger partial charge in [-0.1, -0.05) is 34.8 Å². The van der Waals surface area contributed by atoms with Gasteiger partial charge in [-0.15, -0.1) is 0 Å². The van der Waals surface area contributed by atoms with Crippen LogP contribution in [0.5, 0.6) is 5.88 Å². The van der Waals surface area contributed by atoms with Gasteiger partial charge >= 0.3 is 5.97 Å². The lowest BCUT2D eigenvalue weighted by Gasteiger charge is -2.40. The van der Waals surface area contributed by atoms with Crippen molar-refractivity contribution in [1.29, 1.82) is 0 Å². The zero-order chi connectivity index (χ0) is 22.6. The third-order valence-corrected chi connectivity index (χ3v) is 5.83. The summed E-state index contributed by atoms with van der Waals surface area (Å²) in [7, 11) is 0. The Morgan fingerprint density at radius 2 is 1.87 bits per heavy atom. The number of nitrogens with zero attached hydrogens (tertiary/aromatic N) is 1. The Balaban J connectivity index is 1.41. The first-order chi connectivity index (χ1) is 14.4. The molecule has 0 unspecified atom stereocenters. The van der Waals surface area contributed by atoms with Crippen LogP contribution >= 0.6 is 34.8 Å². The maximum Gasteiger partial charge on any atom is 0.344 e. The topological polar surface area (TPSA) is 94.6 Å². The van der Waals surface area contributed by atoms with Gasteiger partial charge in [0.25, 0.3) is 0 Å². The normalized spacial score (nSPS) is 32.9. The average molecular weight is 499 g/mol. The number of rotatable bonds is 5. The second-order valence-electron chi connectivity index (χ2n) is 8.30. The van der Waals surface area contributed by atoms with Gasteiger partial charge in [0, 0.05) is 0 Å². The Bertz CT molecular complexity index is 882. The minimum absolute atomic E-state index is 0.00164. The molecule has 4 rings (SSSR count). The van der Waals surface area contributed by atoms with E-state index in [4.69, 9.17) is 68.0 Å². The molecule has 0 saturated carbocycles. The van der Waals surface area contributed by atoms with Crippen LogP contribution in [-0.2, 0) is 33.2 Å². The van der Waals surface area contributed by atoms with Crippen LogP contribution in [0.2, 0.25) is 15.2 Å². The molecule has 3 aliphatic heterocycles. The monoisotopic (exact) mass is 497 g/mol. The van der Waals surface area contributed by atoms with E-state index < -0.39 is 42.1 Å². The fourth-order valence-electron chi connectivity index (χ4n) is 3.83. The third-order valence-electron chi connectivity index (χ3n) is 4.89. The van der Waals surface area contributed by atoms with Gasteiger partial charge in [0.05, 0.1) is 11.6 Å². The summed E-state index contributed by atoms with van der Waals surface area (Å²) in [5.74, 6) is -3.85. The lowest BCUT2D eigenvalue weighted by molar-refractivity contribution is -0.296. The Morgan fingerprint density at radius 1 is 1.13 bits per heavy atom. The second-order valence-corrected chi connectivity index (χ2v) is 9.47. The predicted octanol–water partition coefficient (Wildman–Crippen LogP) is 3.36. The second kappa shape index (κ2) is 8.14. The number of esters is 1. The first-order valence-electron chi connectivity index (χ1n) is 9.57. The van der Waals surface area contributed by atoms with Gasteiger partial charge in [-0.3, -0.25) is 0 Å². The van der Waals surface area contributed by atoms with Crippen molar-refractivity contribution >= 4 is 40.8 Å². The molecule has 31 heavy (non-hydrogen) atoms. The van der Waals surface area contributed by atoms with Crippen molar-refractivity contribution in [2.24, 2.45) is 0 Å². The van der Waals surface area contributed by atoms with E-state index in [0.717, 1.165) is 0 Å². The number of pyridine rings is 1. The molecule has 3 aliphatic rings. The van der Waals surface area contributed by atoms with Crippen LogP contribution in [0.15, 0.2) is 6.07 Å². The molecule has 3 saturated heterocycles. The Kier molecular flexibility index (Phi) is 6.11. The van der Waals surface area contributed by atoms with E-state index >= 15 is 0 Å². The van der Waals surface area contributed by atoms with Gasteiger partial charge in [0.15, 0.2) is 23.3 Å². The highest BCUT2D eigenvalue weighted by Crippen LogP contribution is 2.47. The molecule has 3 fully saturated rings. The number of aromatic nitrogens is 1. The van der Waals surface area contributed by atoms with Crippen LogP contribution in [0, 0.1) is 0 Å². The van der Waals surface area contributed by atoms with E-state index in [1.54, 1.807) is 13.8 Å². The van der Waals surface area contributed by atoms with Crippen molar-refractivity contribution in [3.63, 3.8) is 0 Å². The van der Waals surface area contributed by atoms with Crippen LogP contribution in [0.3, 0.4) is 0 Å². The van der Waals surface area contributed by atoms with Crippen molar-refractivity contribution in [3.05, 3.63) is 21.3 Å². The standard InChI is InChI=1S/C19H22Cl3NO8/c1-17(2)28-11-6-27-19(14(13(11)29-17)30-18(3,4)31-19)8-26-12(24)7-25-16-10(21)5-9(20)15(22)23-16/h5,11,13-14H,6-8H2,1-4H3/t11-,13-,14+,19+/m1/s1. The minimum Gasteiger partial charge on any atom is -0.465 e. The fraction of sp³-hybridized carbons (Fsp3) is 0.684. The fourth-order valence-corrected chi connectivity index (χ4v) is 4.37. The van der Waals surface area contributed by atoms with Crippen molar-refractivity contribution < 1.29 is 38.0 Å². The predicted molar refractivity (Wildman–Crippen MR) is 108 cm³/mol. The summed E-state index contributed by atoms with van der Waals surface area (Å²) < 4.78 is 40.6. The van der Waals surface area contributed by atoms with Gasteiger partial charge in [0.2, 0.25) is 11.7 Å². The lowest BCUT2D eigenvalue weighted by atomic mass is 9.97. The molecule has 12 heteroatoms. The molecule has 172 valence electrons. The first-order valence-corrected chi connectivity index (χ1v) is 10.7. The summed E-state index contributed by atoms with van der Waals surface area (Å²) in [6.07, 6.45) is -1.44. The maximum absolute atomic E-state index is 12.3. The molecule has 1 aromatic heterocycles. The van der Waals surface area contributed by atoms with E-state index in [-0.39, 0.29) is 40.4 Å². The van der Waals surface area contributed by atoms with Crippen LogP contribution in [-0.4, -0.2) is 66.4 Å². The molecule has 0 aliphatic carbocycles. The molecule has 0 radical (unpaired) electrons. The summed E-state index contributed by atoms with van der Waals surface area (Å²) in [5, 5.41) is 0.279. The minimum atomic E-state index is -1.34. The highest BCUT2D eigenvalue weighted by Gasteiger charge is 2.65. The van der Waals surface area contributed by atoms with E-state index in [1.807, 2.05) is 13.8 Å². The molecule has 1 aromatic rings. The number of hydrogen-bond donors (Lipinski definition) is 0. The number of carbonyl (C=O) groups is 1. The summed E-state index contributed by atoms with van der Waals surface area (Å²) in [6, 6.07) is 1.37. The Labute approximate surface area is 194 Å². The highest BCUT2D eigenvalue weighted by molar-refractivity contribution is 6.42. The third kappa shape index (κ3) is 4.74. The molecular weight excluding hydrogens is 477 g/mol. The maximum atomic E-state index is 12.3. The Hall–Kier alpha value is -0.910. The van der Waals surface area contributed by atoms with Crippen molar-refractivity contribution in [2.75, 3.05) is 19.8 Å². The van der Waals surface area contributed by atoms with E-state index in [2.05, 4.69) is 4.98 Å². The van der Waals surface area contributed by atoms with Gasteiger partial charge < -0.3 is 33.2 Å². The van der Waals surface area contributed by atoms with Crippen LogP contribution < -0.4 is 4.74 Å². The zero-order valence-electron chi connectivity index (χ0n) is 17.3.